The molecule has 0 aromatic carbocycles. The van der Waals surface area contributed by atoms with Crippen molar-refractivity contribution < 1.29 is 18.0 Å². The first-order valence-corrected chi connectivity index (χ1v) is 9.00. The van der Waals surface area contributed by atoms with Gasteiger partial charge in [-0.2, -0.15) is 18.3 Å². The van der Waals surface area contributed by atoms with Gasteiger partial charge in [0.05, 0.1) is 12.7 Å². The fourth-order valence-electron chi connectivity index (χ4n) is 3.34. The number of urea groups is 1. The molecule has 0 bridgehead atoms. The standard InChI is InChI=1S/C18H23F3N6O/c1-13-9-26(12-18(19,20)21)5-6-27(10-13)17(28)24-16-7-14(3-4-22-16)15-8-23-25(2)11-15/h3-4,7-8,11,13H,5-6,9-10,12H2,1-2H3,(H,22,24,28). The molecule has 1 aliphatic rings. The highest BCUT2D eigenvalue weighted by Crippen LogP contribution is 2.22. The number of amides is 2. The summed E-state index contributed by atoms with van der Waals surface area (Å²) in [5.74, 6) is 0.320. The van der Waals surface area contributed by atoms with E-state index in [2.05, 4.69) is 15.4 Å². The van der Waals surface area contributed by atoms with Crippen molar-refractivity contribution in [2.45, 2.75) is 13.1 Å². The monoisotopic (exact) mass is 396 g/mol. The van der Waals surface area contributed by atoms with Gasteiger partial charge in [0.1, 0.15) is 5.82 Å². The Morgan fingerprint density at radius 2 is 2.07 bits per heavy atom. The predicted octanol–water partition coefficient (Wildman–Crippen LogP) is 2.83. The third-order valence-electron chi connectivity index (χ3n) is 4.51. The van der Waals surface area contributed by atoms with Gasteiger partial charge in [-0.3, -0.25) is 14.9 Å². The first-order valence-electron chi connectivity index (χ1n) is 9.00. The van der Waals surface area contributed by atoms with Gasteiger partial charge in [0.25, 0.3) is 0 Å². The predicted molar refractivity (Wildman–Crippen MR) is 98.7 cm³/mol. The molecule has 2 aromatic rings. The summed E-state index contributed by atoms with van der Waals surface area (Å²) in [7, 11) is 1.82. The molecule has 1 saturated heterocycles. The highest BCUT2D eigenvalue weighted by molar-refractivity contribution is 5.89. The van der Waals surface area contributed by atoms with E-state index < -0.39 is 12.7 Å². The maximum Gasteiger partial charge on any atom is 0.401 e. The van der Waals surface area contributed by atoms with Gasteiger partial charge in [-0.05, 0) is 23.6 Å². The number of rotatable bonds is 3. The fourth-order valence-corrected chi connectivity index (χ4v) is 3.34. The third kappa shape index (κ3) is 5.44. The molecule has 1 unspecified atom stereocenters. The summed E-state index contributed by atoms with van der Waals surface area (Å²) in [6.07, 6.45) is 0.918. The molecule has 0 saturated carbocycles. The zero-order valence-electron chi connectivity index (χ0n) is 15.8. The molecule has 152 valence electrons. The van der Waals surface area contributed by atoms with Crippen molar-refractivity contribution >= 4 is 11.8 Å². The van der Waals surface area contributed by atoms with E-state index in [0.29, 0.717) is 18.9 Å². The lowest BCUT2D eigenvalue weighted by Gasteiger charge is -2.22. The second-order valence-electron chi connectivity index (χ2n) is 7.16. The lowest BCUT2D eigenvalue weighted by molar-refractivity contribution is -0.146. The number of aromatic nitrogens is 3. The Kier molecular flexibility index (Phi) is 5.87. The van der Waals surface area contributed by atoms with Crippen LogP contribution in [0.15, 0.2) is 30.7 Å². The highest BCUT2D eigenvalue weighted by atomic mass is 19.4. The Morgan fingerprint density at radius 1 is 1.29 bits per heavy atom. The van der Waals surface area contributed by atoms with Crippen molar-refractivity contribution in [1.82, 2.24) is 24.6 Å². The van der Waals surface area contributed by atoms with Crippen molar-refractivity contribution in [3.05, 3.63) is 30.7 Å². The summed E-state index contributed by atoms with van der Waals surface area (Å²) in [6.45, 7) is 1.99. The van der Waals surface area contributed by atoms with E-state index in [1.54, 1.807) is 28.0 Å². The number of alkyl halides is 3. The molecule has 0 radical (unpaired) electrons. The molecule has 28 heavy (non-hydrogen) atoms. The average Bonchev–Trinajstić information content (AvgIpc) is 2.95. The van der Waals surface area contributed by atoms with Crippen molar-refractivity contribution in [3.8, 4) is 11.1 Å². The van der Waals surface area contributed by atoms with E-state index in [4.69, 9.17) is 0 Å². The van der Waals surface area contributed by atoms with Crippen LogP contribution in [0, 0.1) is 5.92 Å². The number of hydrogen-bond donors (Lipinski definition) is 1. The molecule has 10 heteroatoms. The number of pyridine rings is 1. The zero-order chi connectivity index (χ0) is 20.3. The minimum absolute atomic E-state index is 0.0645. The van der Waals surface area contributed by atoms with Gasteiger partial charge in [0.2, 0.25) is 0 Å². The molecule has 3 heterocycles. The van der Waals surface area contributed by atoms with Gasteiger partial charge in [-0.25, -0.2) is 9.78 Å². The van der Waals surface area contributed by atoms with Gasteiger partial charge >= 0.3 is 12.2 Å². The van der Waals surface area contributed by atoms with Crippen molar-refractivity contribution in [2.75, 3.05) is 38.0 Å². The maximum atomic E-state index is 12.7. The molecule has 0 aliphatic carbocycles. The number of aryl methyl sites for hydroxylation is 1. The number of nitrogens with zero attached hydrogens (tertiary/aromatic N) is 5. The third-order valence-corrected chi connectivity index (χ3v) is 4.51. The smallest absolute Gasteiger partial charge is 0.323 e. The normalized spacial score (nSPS) is 18.8. The Balaban J connectivity index is 1.64. The number of anilines is 1. The zero-order valence-corrected chi connectivity index (χ0v) is 15.8. The van der Waals surface area contributed by atoms with Gasteiger partial charge < -0.3 is 4.90 Å². The summed E-state index contributed by atoms with van der Waals surface area (Å²) in [5.41, 5.74) is 1.76. The second kappa shape index (κ2) is 8.17. The second-order valence-corrected chi connectivity index (χ2v) is 7.16. The van der Waals surface area contributed by atoms with Crippen molar-refractivity contribution in [3.63, 3.8) is 0 Å². The Labute approximate surface area is 161 Å². The Hall–Kier alpha value is -2.62. The number of nitrogens with one attached hydrogen (secondary N) is 1. The lowest BCUT2D eigenvalue weighted by atomic mass is 10.1. The van der Waals surface area contributed by atoms with E-state index >= 15 is 0 Å². The molecule has 1 aliphatic heterocycles. The summed E-state index contributed by atoms with van der Waals surface area (Å²) in [6, 6.07) is 3.19. The summed E-state index contributed by atoms with van der Waals surface area (Å²) in [4.78, 5) is 19.7. The van der Waals surface area contributed by atoms with Crippen LogP contribution in [-0.4, -0.2) is 69.5 Å². The molecule has 1 fully saturated rings. The molecule has 0 spiro atoms. The molecule has 1 atom stereocenters. The molecule has 1 N–H and O–H groups in total. The molecule has 2 aromatic heterocycles. The average molecular weight is 396 g/mol. The van der Waals surface area contributed by atoms with Crippen LogP contribution in [0.2, 0.25) is 0 Å². The van der Waals surface area contributed by atoms with E-state index in [1.165, 1.54) is 4.90 Å². The molecule has 7 nitrogen and oxygen atoms in total. The Morgan fingerprint density at radius 3 is 2.75 bits per heavy atom. The molecular formula is C18H23F3N6O. The quantitative estimate of drug-likeness (QED) is 0.867. The van der Waals surface area contributed by atoms with E-state index in [0.717, 1.165) is 11.1 Å². The topological polar surface area (TPSA) is 66.3 Å². The number of halogens is 3. The first kappa shape index (κ1) is 20.1. The van der Waals surface area contributed by atoms with Crippen LogP contribution in [0.5, 0.6) is 0 Å². The van der Waals surface area contributed by atoms with E-state index in [1.807, 2.05) is 26.2 Å². The first-order chi connectivity index (χ1) is 13.2. The van der Waals surface area contributed by atoms with Crippen LogP contribution in [-0.2, 0) is 7.05 Å². The van der Waals surface area contributed by atoms with Crippen LogP contribution in [0.1, 0.15) is 6.92 Å². The fraction of sp³-hybridized carbons (Fsp3) is 0.500. The van der Waals surface area contributed by atoms with Gasteiger partial charge in [0, 0.05) is 51.2 Å². The Bertz CT molecular complexity index is 822. The number of hydrogen-bond acceptors (Lipinski definition) is 4. The van der Waals surface area contributed by atoms with Crippen LogP contribution < -0.4 is 5.32 Å². The highest BCUT2D eigenvalue weighted by Gasteiger charge is 2.33. The molecular weight excluding hydrogens is 373 g/mol. The summed E-state index contributed by atoms with van der Waals surface area (Å²) < 4.78 is 39.7. The molecule has 3 rings (SSSR count). The van der Waals surface area contributed by atoms with Gasteiger partial charge in [-0.15, -0.1) is 0 Å². The van der Waals surface area contributed by atoms with E-state index in [-0.39, 0.29) is 25.0 Å². The number of carbonyl (C=O) groups excluding carboxylic acids is 1. The van der Waals surface area contributed by atoms with Crippen LogP contribution in [0.25, 0.3) is 11.1 Å². The van der Waals surface area contributed by atoms with Crippen LogP contribution >= 0.6 is 0 Å². The molecule has 2 amide bonds. The summed E-state index contributed by atoms with van der Waals surface area (Å²) >= 11 is 0. The minimum atomic E-state index is -4.24. The van der Waals surface area contributed by atoms with Crippen molar-refractivity contribution in [2.24, 2.45) is 13.0 Å². The van der Waals surface area contributed by atoms with Crippen LogP contribution in [0.4, 0.5) is 23.8 Å². The lowest BCUT2D eigenvalue weighted by Crippen LogP contribution is -2.40. The maximum absolute atomic E-state index is 12.7. The van der Waals surface area contributed by atoms with Gasteiger partial charge in [-0.1, -0.05) is 6.92 Å². The number of carbonyl (C=O) groups is 1. The summed E-state index contributed by atoms with van der Waals surface area (Å²) in [5, 5.41) is 6.87. The van der Waals surface area contributed by atoms with Crippen molar-refractivity contribution in [1.29, 1.82) is 0 Å². The largest absolute Gasteiger partial charge is 0.401 e. The van der Waals surface area contributed by atoms with E-state index in [9.17, 15) is 18.0 Å². The van der Waals surface area contributed by atoms with Crippen LogP contribution in [0.3, 0.4) is 0 Å². The minimum Gasteiger partial charge on any atom is -0.323 e. The van der Waals surface area contributed by atoms with Gasteiger partial charge in [0.15, 0.2) is 0 Å². The SMILES string of the molecule is CC1CN(CC(F)(F)F)CCN(C(=O)Nc2cc(-c3cnn(C)c3)ccn2)C1.